The van der Waals surface area contributed by atoms with Crippen LogP contribution in [0.2, 0.25) is 0 Å². The van der Waals surface area contributed by atoms with E-state index in [1.54, 1.807) is 12.1 Å². The van der Waals surface area contributed by atoms with Crippen LogP contribution in [0.1, 0.15) is 6.92 Å². The second kappa shape index (κ2) is 7.48. The molecule has 0 aliphatic carbocycles. The van der Waals surface area contributed by atoms with Gasteiger partial charge in [0.2, 0.25) is 0 Å². The molecule has 0 saturated carbocycles. The van der Waals surface area contributed by atoms with Crippen LogP contribution in [-0.2, 0) is 6.54 Å². The number of hydrogen-bond donors (Lipinski definition) is 0. The number of imidazole rings is 1. The van der Waals surface area contributed by atoms with E-state index in [1.807, 2.05) is 48.5 Å². The number of non-ortho nitro benzene ring substituents is 1. The van der Waals surface area contributed by atoms with Crippen molar-refractivity contribution in [2.75, 3.05) is 0 Å². The Balaban J connectivity index is 1.95. The number of benzene rings is 3. The van der Waals surface area contributed by atoms with Gasteiger partial charge in [-0.1, -0.05) is 60.7 Å². The van der Waals surface area contributed by atoms with Crippen LogP contribution in [0.4, 0.5) is 5.69 Å². The molecule has 0 fully saturated rings. The molecule has 0 amide bonds. The predicted octanol–water partition coefficient (Wildman–Crippen LogP) is 5.81. The average Bonchev–Trinajstić information content (AvgIpc) is 3.14. The number of hydrogen-bond acceptors (Lipinski definition) is 3. The van der Waals surface area contributed by atoms with Crippen molar-refractivity contribution in [3.05, 3.63) is 95.0 Å². The van der Waals surface area contributed by atoms with E-state index in [0.717, 1.165) is 40.4 Å². The van der Waals surface area contributed by atoms with Gasteiger partial charge in [-0.25, -0.2) is 4.98 Å². The van der Waals surface area contributed by atoms with Gasteiger partial charge >= 0.3 is 0 Å². The minimum Gasteiger partial charge on any atom is -0.324 e. The summed E-state index contributed by atoms with van der Waals surface area (Å²) in [4.78, 5) is 15.6. The molecule has 5 nitrogen and oxygen atoms in total. The Morgan fingerprint density at radius 3 is 1.93 bits per heavy atom. The highest BCUT2D eigenvalue weighted by atomic mass is 16.6. The second-order valence-corrected chi connectivity index (χ2v) is 6.41. The summed E-state index contributed by atoms with van der Waals surface area (Å²) in [6.07, 6.45) is 0. The number of nitro benzene ring substituents is 1. The van der Waals surface area contributed by atoms with Gasteiger partial charge in [0, 0.05) is 35.4 Å². The van der Waals surface area contributed by atoms with Crippen molar-refractivity contribution in [2.24, 2.45) is 0 Å². The topological polar surface area (TPSA) is 61.0 Å². The number of nitrogens with zero attached hydrogens (tertiary/aromatic N) is 3. The summed E-state index contributed by atoms with van der Waals surface area (Å²) >= 11 is 0. The quantitative estimate of drug-likeness (QED) is 0.329. The Morgan fingerprint density at radius 2 is 1.39 bits per heavy atom. The molecule has 5 heteroatoms. The second-order valence-electron chi connectivity index (χ2n) is 6.41. The van der Waals surface area contributed by atoms with Crippen LogP contribution in [0.25, 0.3) is 33.9 Å². The van der Waals surface area contributed by atoms with Crippen LogP contribution in [0, 0.1) is 10.1 Å². The normalized spacial score (nSPS) is 10.8. The van der Waals surface area contributed by atoms with E-state index in [9.17, 15) is 10.1 Å². The van der Waals surface area contributed by atoms with E-state index in [2.05, 4.69) is 23.6 Å². The van der Waals surface area contributed by atoms with E-state index in [-0.39, 0.29) is 10.6 Å². The molecule has 0 unspecified atom stereocenters. The van der Waals surface area contributed by atoms with Crippen molar-refractivity contribution < 1.29 is 4.92 Å². The van der Waals surface area contributed by atoms with Crippen LogP contribution in [-0.4, -0.2) is 14.5 Å². The van der Waals surface area contributed by atoms with E-state index < -0.39 is 0 Å². The summed E-state index contributed by atoms with van der Waals surface area (Å²) in [5.41, 5.74) is 5.00. The maximum atomic E-state index is 11.0. The highest BCUT2D eigenvalue weighted by molar-refractivity contribution is 5.82. The Kier molecular flexibility index (Phi) is 4.72. The van der Waals surface area contributed by atoms with Crippen LogP contribution in [0.5, 0.6) is 0 Å². The predicted molar refractivity (Wildman–Crippen MR) is 111 cm³/mol. The molecule has 28 heavy (non-hydrogen) atoms. The number of rotatable bonds is 5. The molecule has 0 aliphatic rings. The van der Waals surface area contributed by atoms with Gasteiger partial charge in [-0.2, -0.15) is 0 Å². The van der Waals surface area contributed by atoms with Gasteiger partial charge < -0.3 is 4.57 Å². The molecule has 4 rings (SSSR count). The fraction of sp³-hybridized carbons (Fsp3) is 0.0870. The summed E-state index contributed by atoms with van der Waals surface area (Å²) in [5, 5.41) is 11.0. The van der Waals surface area contributed by atoms with Crippen molar-refractivity contribution in [1.29, 1.82) is 0 Å². The van der Waals surface area contributed by atoms with E-state index in [4.69, 9.17) is 4.98 Å². The zero-order valence-electron chi connectivity index (χ0n) is 15.4. The van der Waals surface area contributed by atoms with Crippen molar-refractivity contribution in [1.82, 2.24) is 9.55 Å². The Labute approximate surface area is 163 Å². The lowest BCUT2D eigenvalue weighted by atomic mass is 10.0. The maximum absolute atomic E-state index is 11.0. The lowest BCUT2D eigenvalue weighted by Crippen LogP contribution is -2.00. The minimum atomic E-state index is -0.388. The van der Waals surface area contributed by atoms with Gasteiger partial charge in [-0.05, 0) is 19.1 Å². The van der Waals surface area contributed by atoms with Crippen LogP contribution in [0.15, 0.2) is 84.9 Å². The van der Waals surface area contributed by atoms with Crippen molar-refractivity contribution in [2.45, 2.75) is 13.5 Å². The Hall–Kier alpha value is -3.73. The van der Waals surface area contributed by atoms with Crippen LogP contribution >= 0.6 is 0 Å². The molecular formula is C23H19N3O2. The Morgan fingerprint density at radius 1 is 0.821 bits per heavy atom. The van der Waals surface area contributed by atoms with Crippen molar-refractivity contribution in [3.63, 3.8) is 0 Å². The summed E-state index contributed by atoms with van der Waals surface area (Å²) < 4.78 is 2.17. The lowest BCUT2D eigenvalue weighted by molar-refractivity contribution is -0.384. The number of nitro groups is 1. The molecule has 0 aliphatic heterocycles. The minimum absolute atomic E-state index is 0.0740. The molecule has 0 atom stereocenters. The van der Waals surface area contributed by atoms with Gasteiger partial charge in [0.05, 0.1) is 16.3 Å². The molecule has 0 spiro atoms. The van der Waals surface area contributed by atoms with Gasteiger partial charge in [-0.15, -0.1) is 0 Å². The highest BCUT2D eigenvalue weighted by Gasteiger charge is 2.20. The smallest absolute Gasteiger partial charge is 0.269 e. The van der Waals surface area contributed by atoms with Gasteiger partial charge in [0.1, 0.15) is 5.82 Å². The summed E-state index contributed by atoms with van der Waals surface area (Å²) in [7, 11) is 0. The maximum Gasteiger partial charge on any atom is 0.269 e. The standard InChI is InChI=1S/C23H19N3O2/c1-2-25-22(18-11-7-4-8-12-18)21(17-9-5-3-6-10-17)24-23(25)19-13-15-20(16-14-19)26(27)28/h3-16H,2H2,1H3. The average molecular weight is 369 g/mol. The van der Waals surface area contributed by atoms with Crippen molar-refractivity contribution >= 4 is 5.69 Å². The van der Waals surface area contributed by atoms with Gasteiger partial charge in [0.25, 0.3) is 5.69 Å². The Bertz CT molecular complexity index is 1100. The van der Waals surface area contributed by atoms with Gasteiger partial charge in [-0.3, -0.25) is 10.1 Å². The first kappa shape index (κ1) is 17.7. The van der Waals surface area contributed by atoms with Gasteiger partial charge in [0.15, 0.2) is 0 Å². The van der Waals surface area contributed by atoms with E-state index >= 15 is 0 Å². The fourth-order valence-electron chi connectivity index (χ4n) is 3.40. The van der Waals surface area contributed by atoms with Crippen molar-refractivity contribution in [3.8, 4) is 33.9 Å². The SMILES string of the molecule is CCn1c(-c2ccc([N+](=O)[O-])cc2)nc(-c2ccccc2)c1-c1ccccc1. The molecular weight excluding hydrogens is 350 g/mol. The first-order valence-electron chi connectivity index (χ1n) is 9.15. The zero-order chi connectivity index (χ0) is 19.5. The number of aromatic nitrogens is 2. The molecule has 1 heterocycles. The zero-order valence-corrected chi connectivity index (χ0v) is 15.4. The highest BCUT2D eigenvalue weighted by Crippen LogP contribution is 2.36. The molecule has 138 valence electrons. The molecule has 1 aromatic heterocycles. The van der Waals surface area contributed by atoms with Crippen LogP contribution in [0.3, 0.4) is 0 Å². The fourth-order valence-corrected chi connectivity index (χ4v) is 3.40. The largest absolute Gasteiger partial charge is 0.324 e. The first-order chi connectivity index (χ1) is 13.7. The summed E-state index contributed by atoms with van der Waals surface area (Å²) in [5.74, 6) is 0.801. The monoisotopic (exact) mass is 369 g/mol. The third kappa shape index (κ3) is 3.18. The van der Waals surface area contributed by atoms with Crippen LogP contribution < -0.4 is 0 Å². The van der Waals surface area contributed by atoms with E-state index in [1.165, 1.54) is 12.1 Å². The third-order valence-corrected chi connectivity index (χ3v) is 4.71. The summed E-state index contributed by atoms with van der Waals surface area (Å²) in [6.45, 7) is 2.81. The first-order valence-corrected chi connectivity index (χ1v) is 9.15. The molecule has 0 N–H and O–H groups in total. The third-order valence-electron chi connectivity index (χ3n) is 4.71. The molecule has 3 aromatic carbocycles. The lowest BCUT2D eigenvalue weighted by Gasteiger charge is -2.11. The van der Waals surface area contributed by atoms with E-state index in [0.29, 0.717) is 0 Å². The molecule has 0 saturated heterocycles. The molecule has 4 aromatic rings. The summed E-state index contributed by atoms with van der Waals surface area (Å²) in [6, 6.07) is 26.8. The molecule has 0 radical (unpaired) electrons. The molecule has 0 bridgehead atoms.